The third-order valence-electron chi connectivity index (χ3n) is 2.65. The summed E-state index contributed by atoms with van der Waals surface area (Å²) in [5.41, 5.74) is 0.750. The molecular weight excluding hydrogens is 277 g/mol. The number of amides is 1. The molecule has 0 spiro atoms. The zero-order chi connectivity index (χ0) is 15.0. The van der Waals surface area contributed by atoms with E-state index in [1.165, 1.54) is 18.2 Å². The van der Waals surface area contributed by atoms with E-state index in [1.807, 2.05) is 6.26 Å². The fourth-order valence-electron chi connectivity index (χ4n) is 1.56. The Morgan fingerprint density at radius 1 is 1.50 bits per heavy atom. The van der Waals surface area contributed by atoms with Gasteiger partial charge in [0.1, 0.15) is 5.82 Å². The van der Waals surface area contributed by atoms with Crippen LogP contribution in [0, 0.1) is 17.7 Å². The van der Waals surface area contributed by atoms with Gasteiger partial charge in [0.2, 0.25) is 0 Å². The largest absolute Gasteiger partial charge is 0.395 e. The Morgan fingerprint density at radius 3 is 2.90 bits per heavy atom. The molecule has 0 radical (unpaired) electrons. The second kappa shape index (κ2) is 8.62. The van der Waals surface area contributed by atoms with Crippen LogP contribution in [0.15, 0.2) is 18.2 Å². The maximum Gasteiger partial charge on any atom is 0.254 e. The Balaban J connectivity index is 2.99. The molecule has 0 saturated heterocycles. The standard InChI is InChI=1S/C15H18FNO2S/c1-17(8-10-20-2)15(19)14-7-6-13(16)11-12(14)5-3-4-9-18/h6-7,11,18H,4,8-10H2,1-2H3. The lowest BCUT2D eigenvalue weighted by atomic mass is 10.1. The SMILES string of the molecule is CSCCN(C)C(=O)c1ccc(F)cc1C#CCCO. The molecule has 0 unspecified atom stereocenters. The zero-order valence-corrected chi connectivity index (χ0v) is 12.5. The summed E-state index contributed by atoms with van der Waals surface area (Å²) in [6.45, 7) is 0.570. The summed E-state index contributed by atoms with van der Waals surface area (Å²) >= 11 is 1.66. The van der Waals surface area contributed by atoms with Crippen LogP contribution >= 0.6 is 11.8 Å². The normalized spacial score (nSPS) is 9.80. The maximum absolute atomic E-state index is 13.3. The highest BCUT2D eigenvalue weighted by Crippen LogP contribution is 2.13. The van der Waals surface area contributed by atoms with Gasteiger partial charge >= 0.3 is 0 Å². The number of nitrogens with zero attached hydrogens (tertiary/aromatic N) is 1. The molecule has 1 N–H and O–H groups in total. The van der Waals surface area contributed by atoms with Crippen LogP contribution in [0.2, 0.25) is 0 Å². The second-order valence-corrected chi connectivity index (χ2v) is 5.17. The van der Waals surface area contributed by atoms with Gasteiger partial charge in [-0.3, -0.25) is 4.79 Å². The first-order valence-electron chi connectivity index (χ1n) is 6.23. The minimum absolute atomic E-state index is 0.0563. The molecule has 0 aliphatic rings. The average molecular weight is 295 g/mol. The minimum atomic E-state index is -0.429. The summed E-state index contributed by atoms with van der Waals surface area (Å²) in [6.07, 6.45) is 2.27. The van der Waals surface area contributed by atoms with Crippen molar-refractivity contribution in [2.45, 2.75) is 6.42 Å². The summed E-state index contributed by atoms with van der Waals surface area (Å²) in [7, 11) is 1.72. The fourth-order valence-corrected chi connectivity index (χ4v) is 2.01. The molecule has 3 nitrogen and oxygen atoms in total. The summed E-state index contributed by atoms with van der Waals surface area (Å²) in [6, 6.07) is 3.96. The Labute approximate surface area is 123 Å². The molecule has 1 aromatic carbocycles. The van der Waals surface area contributed by atoms with Crippen LogP contribution in [0.4, 0.5) is 4.39 Å². The van der Waals surface area contributed by atoms with Gasteiger partial charge in [-0.15, -0.1) is 0 Å². The molecule has 0 fully saturated rings. The maximum atomic E-state index is 13.3. The number of aliphatic hydroxyl groups is 1. The van der Waals surface area contributed by atoms with Crippen LogP contribution in [0.5, 0.6) is 0 Å². The predicted octanol–water partition coefficient (Wildman–Crippen LogP) is 1.99. The van der Waals surface area contributed by atoms with Crippen LogP contribution in [0.25, 0.3) is 0 Å². The van der Waals surface area contributed by atoms with Crippen molar-refractivity contribution in [2.75, 3.05) is 32.2 Å². The van der Waals surface area contributed by atoms with Crippen molar-refractivity contribution in [1.82, 2.24) is 4.90 Å². The Hall–Kier alpha value is -1.51. The molecule has 0 aromatic heterocycles. The van der Waals surface area contributed by atoms with Gasteiger partial charge in [0.25, 0.3) is 5.91 Å². The quantitative estimate of drug-likeness (QED) is 0.845. The predicted molar refractivity (Wildman–Crippen MR) is 80.3 cm³/mol. The minimum Gasteiger partial charge on any atom is -0.395 e. The first-order chi connectivity index (χ1) is 9.60. The molecule has 20 heavy (non-hydrogen) atoms. The summed E-state index contributed by atoms with van der Waals surface area (Å²) in [5, 5.41) is 8.71. The van der Waals surface area contributed by atoms with Crippen LogP contribution in [0.1, 0.15) is 22.3 Å². The number of rotatable bonds is 5. The number of carbonyl (C=O) groups excluding carboxylic acids is 1. The first kappa shape index (κ1) is 16.5. The van der Waals surface area contributed by atoms with Crippen molar-refractivity contribution >= 4 is 17.7 Å². The number of aliphatic hydroxyl groups excluding tert-OH is 1. The molecule has 0 heterocycles. The van der Waals surface area contributed by atoms with Gasteiger partial charge in [-0.25, -0.2) is 4.39 Å². The number of thioether (sulfide) groups is 1. The van der Waals surface area contributed by atoms with Crippen LogP contribution in [-0.2, 0) is 0 Å². The molecule has 5 heteroatoms. The lowest BCUT2D eigenvalue weighted by Crippen LogP contribution is -2.29. The van der Waals surface area contributed by atoms with Crippen molar-refractivity contribution in [3.8, 4) is 11.8 Å². The van der Waals surface area contributed by atoms with Crippen LogP contribution in [-0.4, -0.2) is 48.1 Å². The third-order valence-corrected chi connectivity index (χ3v) is 3.24. The van der Waals surface area contributed by atoms with E-state index in [0.717, 1.165) is 5.75 Å². The van der Waals surface area contributed by atoms with E-state index in [1.54, 1.807) is 23.7 Å². The van der Waals surface area contributed by atoms with Crippen LogP contribution < -0.4 is 0 Å². The van der Waals surface area contributed by atoms with E-state index >= 15 is 0 Å². The summed E-state index contributed by atoms with van der Waals surface area (Å²) in [5.74, 6) is 5.70. The van der Waals surface area contributed by atoms with Gasteiger partial charge in [-0.2, -0.15) is 11.8 Å². The average Bonchev–Trinajstić information content (AvgIpc) is 2.44. The van der Waals surface area contributed by atoms with E-state index in [9.17, 15) is 9.18 Å². The molecular formula is C15H18FNO2S. The summed E-state index contributed by atoms with van der Waals surface area (Å²) in [4.78, 5) is 13.9. The van der Waals surface area contributed by atoms with Gasteiger partial charge in [-0.05, 0) is 24.5 Å². The summed E-state index contributed by atoms with van der Waals surface area (Å²) < 4.78 is 13.3. The highest BCUT2D eigenvalue weighted by atomic mass is 32.2. The first-order valence-corrected chi connectivity index (χ1v) is 7.63. The number of benzene rings is 1. The Bertz CT molecular complexity index is 522. The van der Waals surface area contributed by atoms with Crippen molar-refractivity contribution in [1.29, 1.82) is 0 Å². The van der Waals surface area contributed by atoms with Crippen LogP contribution in [0.3, 0.4) is 0 Å². The number of hydrogen-bond donors (Lipinski definition) is 1. The number of hydrogen-bond acceptors (Lipinski definition) is 3. The molecule has 1 rings (SSSR count). The molecule has 1 aromatic rings. The highest BCUT2D eigenvalue weighted by molar-refractivity contribution is 7.98. The van der Waals surface area contributed by atoms with E-state index in [-0.39, 0.29) is 12.5 Å². The van der Waals surface area contributed by atoms with Gasteiger partial charge in [0.15, 0.2) is 0 Å². The monoisotopic (exact) mass is 295 g/mol. The zero-order valence-electron chi connectivity index (χ0n) is 11.6. The van der Waals surface area contributed by atoms with Crippen molar-refractivity contribution in [3.63, 3.8) is 0 Å². The molecule has 0 saturated carbocycles. The Morgan fingerprint density at radius 2 is 2.25 bits per heavy atom. The van der Waals surface area contributed by atoms with Gasteiger partial charge in [0.05, 0.1) is 12.2 Å². The fraction of sp³-hybridized carbons (Fsp3) is 0.400. The van der Waals surface area contributed by atoms with Crippen molar-refractivity contribution < 1.29 is 14.3 Å². The van der Waals surface area contributed by atoms with E-state index < -0.39 is 5.82 Å². The lowest BCUT2D eigenvalue weighted by molar-refractivity contribution is 0.0803. The smallest absolute Gasteiger partial charge is 0.254 e. The molecule has 108 valence electrons. The molecule has 0 aliphatic heterocycles. The molecule has 0 atom stereocenters. The molecule has 1 amide bonds. The lowest BCUT2D eigenvalue weighted by Gasteiger charge is -2.17. The van der Waals surface area contributed by atoms with Gasteiger partial charge in [-0.1, -0.05) is 11.8 Å². The van der Waals surface area contributed by atoms with E-state index in [4.69, 9.17) is 5.11 Å². The van der Waals surface area contributed by atoms with Gasteiger partial charge in [0, 0.05) is 31.3 Å². The van der Waals surface area contributed by atoms with Gasteiger partial charge < -0.3 is 10.0 Å². The van der Waals surface area contributed by atoms with Crippen molar-refractivity contribution in [3.05, 3.63) is 35.1 Å². The van der Waals surface area contributed by atoms with E-state index in [0.29, 0.717) is 24.1 Å². The van der Waals surface area contributed by atoms with E-state index in [2.05, 4.69) is 11.8 Å². The topological polar surface area (TPSA) is 40.5 Å². The Kier molecular flexibility index (Phi) is 7.13. The van der Waals surface area contributed by atoms with Crippen molar-refractivity contribution in [2.24, 2.45) is 0 Å². The molecule has 0 aliphatic carbocycles. The molecule has 0 bridgehead atoms. The third kappa shape index (κ3) is 4.87. The highest BCUT2D eigenvalue weighted by Gasteiger charge is 2.15. The number of halogens is 1. The second-order valence-electron chi connectivity index (χ2n) is 4.18. The number of carbonyl (C=O) groups is 1.